The van der Waals surface area contributed by atoms with Crippen molar-refractivity contribution in [2.75, 3.05) is 18.8 Å². The molecule has 0 saturated carbocycles. The number of nitrogens with two attached hydrogens (primary N) is 2. The summed E-state index contributed by atoms with van der Waals surface area (Å²) in [4.78, 5) is 146. The van der Waals surface area contributed by atoms with Crippen LogP contribution in [0.1, 0.15) is 143 Å². The lowest BCUT2D eigenvalue weighted by molar-refractivity contribution is -0.142. The third-order valence-corrected chi connectivity index (χ3v) is 16.0. The van der Waals surface area contributed by atoms with Crippen LogP contribution in [0, 0.1) is 35.5 Å². The van der Waals surface area contributed by atoms with Crippen molar-refractivity contribution in [1.82, 2.24) is 31.5 Å². The second-order valence-corrected chi connectivity index (χ2v) is 24.4. The van der Waals surface area contributed by atoms with Crippen LogP contribution in [0.15, 0.2) is 59.6 Å². The zero-order chi connectivity index (χ0) is 58.8. The van der Waals surface area contributed by atoms with E-state index >= 15 is 0 Å². The molecule has 10 atom stereocenters. The molecule has 438 valence electrons. The third-order valence-electron chi connectivity index (χ3n) is 14.9. The topological polar surface area (TPSA) is 298 Å². The summed E-state index contributed by atoms with van der Waals surface area (Å²) in [7, 11) is 0. The maximum atomic E-state index is 14.7. The second kappa shape index (κ2) is 31.1. The number of primary amides is 1. The first-order valence-electron chi connectivity index (χ1n) is 28.7. The first-order chi connectivity index (χ1) is 37.9. The summed E-state index contributed by atoms with van der Waals surface area (Å²) in [6.07, 6.45) is 2.36. The number of hydrogen-bond acceptors (Lipinski definition) is 13. The van der Waals surface area contributed by atoms with Gasteiger partial charge in [0.15, 0.2) is 17.3 Å². The van der Waals surface area contributed by atoms with E-state index in [0.717, 1.165) is 5.56 Å². The monoisotopic (exact) mass is 1130 g/mol. The molecule has 19 nitrogen and oxygen atoms in total. The number of ketones is 3. The molecule has 0 aromatic heterocycles. The molecular weight excluding hydrogens is 1040 g/mol. The van der Waals surface area contributed by atoms with Gasteiger partial charge in [0.05, 0.1) is 23.2 Å². The highest BCUT2D eigenvalue weighted by atomic mass is 32.2. The first-order valence-corrected chi connectivity index (χ1v) is 29.7. The van der Waals surface area contributed by atoms with Crippen molar-refractivity contribution in [1.29, 1.82) is 0 Å². The molecule has 7 amide bonds. The summed E-state index contributed by atoms with van der Waals surface area (Å²) in [5.74, 6) is -7.35. The van der Waals surface area contributed by atoms with Gasteiger partial charge in [-0.3, -0.25) is 52.9 Å². The van der Waals surface area contributed by atoms with Crippen LogP contribution in [0.25, 0.3) is 0 Å². The Labute approximate surface area is 476 Å². The van der Waals surface area contributed by atoms with Crippen molar-refractivity contribution in [3.63, 3.8) is 0 Å². The minimum Gasteiger partial charge on any atom is -0.369 e. The molecule has 0 spiro atoms. The summed E-state index contributed by atoms with van der Waals surface area (Å²) in [6.45, 7) is 15.2. The van der Waals surface area contributed by atoms with Gasteiger partial charge in [0, 0.05) is 54.9 Å². The van der Waals surface area contributed by atoms with Gasteiger partial charge in [0.2, 0.25) is 41.4 Å². The fourth-order valence-electron chi connectivity index (χ4n) is 10.5. The number of rotatable bonds is 26. The molecule has 9 N–H and O–H groups in total. The van der Waals surface area contributed by atoms with E-state index in [2.05, 4.69) is 26.6 Å². The smallest absolute Gasteiger partial charge is 0.246 e. The normalized spacial score (nSPS) is 21.8. The summed E-state index contributed by atoms with van der Waals surface area (Å²) < 4.78 is 0. The van der Waals surface area contributed by atoms with Crippen LogP contribution >= 0.6 is 11.8 Å². The molecule has 1 saturated heterocycles. The maximum absolute atomic E-state index is 14.7. The zero-order valence-electron chi connectivity index (χ0n) is 48.1. The standard InChI is InChI=1S/C60H87N9O10S/c1-34(2)24-44(50(70)27-37(7)53(62)73)65-55(75)42(29-39-16-10-9-11-17-39)32-52(72)45(25-35(3)4)64-54(74)38(8)28-51(71)46-31-40-18-14-19-41(30-40)59-68-48(33-80-59)57(77)67-47(26-36(5)6)56(76)63-43(20-12-13-22-61)60(79)69-23-15-21-49(69)58(78)66-46/h9-11,14,16-19,30,34-38,42-49H,12-13,15,20-29,31-33,61H2,1-8H3,(H2,62,73)(H,63,76)(H,64,74)(H,65,75)(H,66,78)(H,67,77)/t37-,38-,42-,43+,44+,45+,46+,47+,48+,49+/m1/s1. The number of thioether (sulfide) groups is 1. The van der Waals surface area contributed by atoms with Crippen LogP contribution in [-0.4, -0.2) is 130 Å². The lowest BCUT2D eigenvalue weighted by Crippen LogP contribution is -2.58. The molecular formula is C60H87N9O10S. The Morgan fingerprint density at radius 2 is 1.38 bits per heavy atom. The van der Waals surface area contributed by atoms with Crippen LogP contribution in [0.4, 0.5) is 0 Å². The van der Waals surface area contributed by atoms with Gasteiger partial charge in [-0.25, -0.2) is 0 Å². The van der Waals surface area contributed by atoms with Gasteiger partial charge in [0.25, 0.3) is 0 Å². The van der Waals surface area contributed by atoms with Crippen molar-refractivity contribution in [3.8, 4) is 0 Å². The number of fused-ring (bicyclic) bond motifs is 5. The van der Waals surface area contributed by atoms with E-state index < -0.39 is 113 Å². The van der Waals surface area contributed by atoms with Crippen molar-refractivity contribution >= 4 is 75.5 Å². The number of nitrogens with zero attached hydrogens (tertiary/aromatic N) is 2. The SMILES string of the molecule is CC(C)C[C@H](NC(=O)[C@@H](CC(=O)[C@H](CC(C)C)NC(=O)[C@H](C)CC(=O)[C@@H]1Cc2cccc(c2)C2=N[C@@H](CS2)C(=O)N[C@@H](CC(C)C)C(=O)N[C@@H](CCCCN)C(=O)N2CCC[C@H]2C(=O)N1)Cc1ccccc1)C(=O)C[C@@H](C)C(N)=O. The fourth-order valence-corrected chi connectivity index (χ4v) is 11.5. The molecule has 5 rings (SSSR count). The fraction of sp³-hybridized carbons (Fsp3) is 0.617. The number of aliphatic imine (C=N–C) groups is 1. The largest absolute Gasteiger partial charge is 0.369 e. The van der Waals surface area contributed by atoms with E-state index in [9.17, 15) is 47.9 Å². The quantitative estimate of drug-likeness (QED) is 0.0650. The lowest BCUT2D eigenvalue weighted by atomic mass is 9.87. The highest BCUT2D eigenvalue weighted by Crippen LogP contribution is 2.27. The first kappa shape index (κ1) is 64.5. The number of benzene rings is 2. The van der Waals surface area contributed by atoms with Gasteiger partial charge in [-0.15, -0.1) is 11.8 Å². The minimum absolute atomic E-state index is 0.00179. The highest BCUT2D eigenvalue weighted by Gasteiger charge is 2.41. The molecule has 4 bridgehead atoms. The zero-order valence-corrected chi connectivity index (χ0v) is 48.9. The van der Waals surface area contributed by atoms with Crippen molar-refractivity contribution in [2.24, 2.45) is 52.0 Å². The number of carbonyl (C=O) groups excluding carboxylic acids is 10. The molecule has 20 heteroatoms. The molecule has 2 aromatic carbocycles. The average Bonchev–Trinajstić information content (AvgIpc) is 4.13. The molecule has 1 fully saturated rings. The number of carbonyl (C=O) groups is 10. The predicted molar refractivity (Wildman–Crippen MR) is 309 cm³/mol. The summed E-state index contributed by atoms with van der Waals surface area (Å²) in [6, 6.07) is 9.55. The number of nitrogens with one attached hydrogen (secondary N) is 5. The predicted octanol–water partition coefficient (Wildman–Crippen LogP) is 4.28. The molecule has 0 unspecified atom stereocenters. The van der Waals surface area contributed by atoms with Crippen LogP contribution in [0.5, 0.6) is 0 Å². The maximum Gasteiger partial charge on any atom is 0.246 e. The summed E-state index contributed by atoms with van der Waals surface area (Å²) in [5, 5.41) is 15.2. The Morgan fingerprint density at radius 1 is 0.725 bits per heavy atom. The third kappa shape index (κ3) is 19.5. The van der Waals surface area contributed by atoms with Crippen molar-refractivity contribution < 1.29 is 47.9 Å². The number of Topliss-reactive ketones (excluding diaryl/α,β-unsaturated/α-hetero) is 3. The van der Waals surface area contributed by atoms with E-state index in [-0.39, 0.29) is 75.0 Å². The van der Waals surface area contributed by atoms with Gasteiger partial charge in [-0.05, 0) is 106 Å². The summed E-state index contributed by atoms with van der Waals surface area (Å²) >= 11 is 1.38. The Balaban J connectivity index is 1.40. The van der Waals surface area contributed by atoms with Crippen molar-refractivity contribution in [2.45, 2.75) is 181 Å². The van der Waals surface area contributed by atoms with Gasteiger partial charge in [-0.2, -0.15) is 0 Å². The van der Waals surface area contributed by atoms with Gasteiger partial charge < -0.3 is 43.0 Å². The van der Waals surface area contributed by atoms with E-state index in [1.165, 1.54) is 16.7 Å². The van der Waals surface area contributed by atoms with E-state index in [0.29, 0.717) is 67.0 Å². The Bertz CT molecular complexity index is 2560. The highest BCUT2D eigenvalue weighted by molar-refractivity contribution is 8.14. The molecule has 0 aliphatic carbocycles. The molecule has 3 aliphatic rings. The second-order valence-electron chi connectivity index (χ2n) is 23.4. The van der Waals surface area contributed by atoms with Gasteiger partial charge in [-0.1, -0.05) is 104 Å². The number of hydrogen-bond donors (Lipinski definition) is 7. The van der Waals surface area contributed by atoms with Gasteiger partial charge >= 0.3 is 0 Å². The van der Waals surface area contributed by atoms with Crippen LogP contribution in [0.3, 0.4) is 0 Å². The number of unbranched alkanes of at least 4 members (excludes halogenated alkanes) is 1. The molecule has 80 heavy (non-hydrogen) atoms. The molecule has 2 aromatic rings. The molecule has 3 heterocycles. The minimum atomic E-state index is -1.17. The Morgan fingerprint density at radius 3 is 2.01 bits per heavy atom. The summed E-state index contributed by atoms with van der Waals surface area (Å²) in [5.41, 5.74) is 13.4. The lowest BCUT2D eigenvalue weighted by Gasteiger charge is -2.31. The molecule has 3 aliphatic heterocycles. The molecule has 0 radical (unpaired) electrons. The number of amides is 7. The van der Waals surface area contributed by atoms with E-state index in [4.69, 9.17) is 16.5 Å². The van der Waals surface area contributed by atoms with Crippen LogP contribution in [-0.2, 0) is 60.8 Å². The van der Waals surface area contributed by atoms with Crippen molar-refractivity contribution in [3.05, 3.63) is 71.3 Å². The Kier molecular flexibility index (Phi) is 25.1. The van der Waals surface area contributed by atoms with E-state index in [1.54, 1.807) is 19.9 Å². The Hall–Kier alpha value is -6.28. The van der Waals surface area contributed by atoms with E-state index in [1.807, 2.05) is 90.1 Å². The van der Waals surface area contributed by atoms with Crippen LogP contribution < -0.4 is 38.1 Å². The van der Waals surface area contributed by atoms with Crippen LogP contribution in [0.2, 0.25) is 0 Å². The van der Waals surface area contributed by atoms with Gasteiger partial charge in [0.1, 0.15) is 24.2 Å². The average molecular weight is 1130 g/mol.